The van der Waals surface area contributed by atoms with Gasteiger partial charge in [-0.05, 0) is 18.6 Å². The zero-order chi connectivity index (χ0) is 14.3. The molecule has 0 spiro atoms. The van der Waals surface area contributed by atoms with Crippen LogP contribution in [-0.4, -0.2) is 18.0 Å². The number of primary amides is 1. The number of hydrogen-bond donors (Lipinski definition) is 4. The Labute approximate surface area is 124 Å². The highest BCUT2D eigenvalue weighted by atomic mass is 35.5. The third kappa shape index (κ3) is 5.79. The lowest BCUT2D eigenvalue weighted by Crippen LogP contribution is -2.46. The molecule has 0 fully saturated rings. The van der Waals surface area contributed by atoms with Crippen molar-refractivity contribution in [2.75, 3.05) is 11.1 Å². The van der Waals surface area contributed by atoms with E-state index in [2.05, 4.69) is 10.6 Å². The van der Waals surface area contributed by atoms with E-state index in [1.54, 1.807) is 24.3 Å². The smallest absolute Gasteiger partial charge is 0.312 e. The number of rotatable bonds is 6. The van der Waals surface area contributed by atoms with Gasteiger partial charge in [-0.2, -0.15) is 0 Å². The number of anilines is 2. The van der Waals surface area contributed by atoms with Crippen LogP contribution in [0.2, 0.25) is 0 Å². The molecule has 1 aromatic rings. The van der Waals surface area contributed by atoms with Gasteiger partial charge >= 0.3 is 6.03 Å². The second kappa shape index (κ2) is 9.03. The van der Waals surface area contributed by atoms with Crippen LogP contribution in [0.4, 0.5) is 16.2 Å². The zero-order valence-electron chi connectivity index (χ0n) is 11.4. The quantitative estimate of drug-likeness (QED) is 0.602. The summed E-state index contributed by atoms with van der Waals surface area (Å²) in [6.45, 7) is 2.01. The monoisotopic (exact) mass is 300 g/mol. The number of carbonyl (C=O) groups excluding carboxylic acids is 2. The van der Waals surface area contributed by atoms with Gasteiger partial charge in [-0.25, -0.2) is 4.79 Å². The molecule has 0 saturated carbocycles. The summed E-state index contributed by atoms with van der Waals surface area (Å²) in [6.07, 6.45) is 2.29. The average Bonchev–Trinajstić information content (AvgIpc) is 2.36. The maximum absolute atomic E-state index is 12.1. The molecule has 0 bridgehead atoms. The molecule has 3 amide bonds. The molecule has 20 heavy (non-hydrogen) atoms. The minimum atomic E-state index is -0.711. The molecule has 1 rings (SSSR count). The first-order valence-corrected chi connectivity index (χ1v) is 6.26. The average molecular weight is 301 g/mol. The molecule has 6 N–H and O–H groups in total. The minimum absolute atomic E-state index is 0. The molecular formula is C13H21ClN4O2. The number of hydrogen-bond acceptors (Lipinski definition) is 3. The van der Waals surface area contributed by atoms with Gasteiger partial charge in [-0.15, -0.1) is 12.4 Å². The first kappa shape index (κ1) is 18.0. The van der Waals surface area contributed by atoms with Gasteiger partial charge in [0.1, 0.15) is 6.04 Å². The molecule has 112 valence electrons. The van der Waals surface area contributed by atoms with Crippen molar-refractivity contribution < 1.29 is 9.59 Å². The summed E-state index contributed by atoms with van der Waals surface area (Å²) < 4.78 is 0. The topological polar surface area (TPSA) is 110 Å². The van der Waals surface area contributed by atoms with E-state index in [0.717, 1.165) is 12.8 Å². The van der Waals surface area contributed by atoms with E-state index in [4.69, 9.17) is 11.5 Å². The maximum Gasteiger partial charge on any atom is 0.312 e. The largest absolute Gasteiger partial charge is 0.397 e. The van der Waals surface area contributed by atoms with Crippen molar-refractivity contribution in [3.05, 3.63) is 24.3 Å². The van der Waals surface area contributed by atoms with Crippen molar-refractivity contribution in [3.63, 3.8) is 0 Å². The fourth-order valence-electron chi connectivity index (χ4n) is 1.68. The van der Waals surface area contributed by atoms with Crippen LogP contribution < -0.4 is 22.1 Å². The fraction of sp³-hybridized carbons (Fsp3) is 0.385. The fourth-order valence-corrected chi connectivity index (χ4v) is 1.68. The van der Waals surface area contributed by atoms with Gasteiger partial charge in [0.25, 0.3) is 0 Å². The van der Waals surface area contributed by atoms with Crippen molar-refractivity contribution in [3.8, 4) is 0 Å². The standard InChI is InChI=1S/C13H20N4O2.ClH/c1-2-3-7-11(17-13(15)19)12(18)16-10-8-5-4-6-9(10)14;/h4-6,8,11H,2-3,7,14H2,1H3,(H,16,18)(H3,15,17,19);1H. The van der Waals surface area contributed by atoms with Crippen molar-refractivity contribution in [1.29, 1.82) is 0 Å². The first-order valence-electron chi connectivity index (χ1n) is 6.26. The van der Waals surface area contributed by atoms with Crippen LogP contribution in [0.5, 0.6) is 0 Å². The predicted octanol–water partition coefficient (Wildman–Crippen LogP) is 1.86. The van der Waals surface area contributed by atoms with E-state index in [1.807, 2.05) is 6.92 Å². The molecular weight excluding hydrogens is 280 g/mol. The van der Waals surface area contributed by atoms with Crippen molar-refractivity contribution in [2.24, 2.45) is 5.73 Å². The van der Waals surface area contributed by atoms with Crippen LogP contribution in [0.1, 0.15) is 26.2 Å². The highest BCUT2D eigenvalue weighted by molar-refractivity contribution is 5.98. The number of halogens is 1. The highest BCUT2D eigenvalue weighted by Crippen LogP contribution is 2.17. The minimum Gasteiger partial charge on any atom is -0.397 e. The number of para-hydroxylation sites is 2. The molecule has 0 radical (unpaired) electrons. The summed E-state index contributed by atoms with van der Waals surface area (Å²) in [5.41, 5.74) is 11.8. The third-order valence-corrected chi connectivity index (χ3v) is 2.70. The molecule has 1 atom stereocenters. The van der Waals surface area contributed by atoms with Crippen LogP contribution in [0.3, 0.4) is 0 Å². The third-order valence-electron chi connectivity index (χ3n) is 2.70. The lowest BCUT2D eigenvalue weighted by molar-refractivity contribution is -0.118. The van der Waals surface area contributed by atoms with Crippen molar-refractivity contribution in [1.82, 2.24) is 5.32 Å². The molecule has 0 aliphatic carbocycles. The normalized spacial score (nSPS) is 11.1. The molecule has 1 aromatic carbocycles. The molecule has 0 saturated heterocycles. The summed E-state index contributed by atoms with van der Waals surface area (Å²) in [4.78, 5) is 23.0. The Morgan fingerprint density at radius 1 is 1.30 bits per heavy atom. The second-order valence-corrected chi connectivity index (χ2v) is 4.28. The molecule has 0 aliphatic heterocycles. The molecule has 6 nitrogen and oxygen atoms in total. The van der Waals surface area contributed by atoms with Crippen LogP contribution in [0, 0.1) is 0 Å². The van der Waals surface area contributed by atoms with E-state index in [9.17, 15) is 9.59 Å². The van der Waals surface area contributed by atoms with Crippen LogP contribution in [0.15, 0.2) is 24.3 Å². The summed E-state index contributed by atoms with van der Waals surface area (Å²) in [5, 5.41) is 5.13. The van der Waals surface area contributed by atoms with Crippen LogP contribution in [-0.2, 0) is 4.79 Å². The predicted molar refractivity (Wildman–Crippen MR) is 82.8 cm³/mol. The van der Waals surface area contributed by atoms with Gasteiger partial charge in [0.15, 0.2) is 0 Å². The molecule has 1 unspecified atom stereocenters. The Balaban J connectivity index is 0.00000361. The van der Waals surface area contributed by atoms with E-state index >= 15 is 0 Å². The maximum atomic E-state index is 12.1. The molecule has 0 aromatic heterocycles. The molecule has 0 heterocycles. The van der Waals surface area contributed by atoms with Crippen molar-refractivity contribution in [2.45, 2.75) is 32.2 Å². The zero-order valence-corrected chi connectivity index (χ0v) is 12.2. The number of amides is 3. The van der Waals surface area contributed by atoms with E-state index in [0.29, 0.717) is 17.8 Å². The van der Waals surface area contributed by atoms with E-state index in [-0.39, 0.29) is 18.3 Å². The SMILES string of the molecule is CCCCC(NC(N)=O)C(=O)Nc1ccccc1N.Cl. The van der Waals surface area contributed by atoms with Crippen molar-refractivity contribution >= 4 is 35.7 Å². The van der Waals surface area contributed by atoms with Gasteiger partial charge in [0.2, 0.25) is 5.91 Å². The lowest BCUT2D eigenvalue weighted by Gasteiger charge is -2.17. The van der Waals surface area contributed by atoms with E-state index < -0.39 is 12.1 Å². The van der Waals surface area contributed by atoms with Crippen LogP contribution >= 0.6 is 12.4 Å². The number of unbranched alkanes of at least 4 members (excludes halogenated alkanes) is 1. The number of carbonyl (C=O) groups is 2. The summed E-state index contributed by atoms with van der Waals surface area (Å²) >= 11 is 0. The Hall–Kier alpha value is -1.95. The van der Waals surface area contributed by atoms with Gasteiger partial charge in [-0.1, -0.05) is 31.9 Å². The van der Waals surface area contributed by atoms with Crippen LogP contribution in [0.25, 0.3) is 0 Å². The number of urea groups is 1. The summed E-state index contributed by atoms with van der Waals surface area (Å²) in [5.74, 6) is -0.315. The van der Waals surface area contributed by atoms with Gasteiger partial charge in [0, 0.05) is 0 Å². The Kier molecular flexibility index (Phi) is 8.15. The summed E-state index contributed by atoms with van der Waals surface area (Å²) in [6, 6.07) is 5.59. The van der Waals surface area contributed by atoms with Gasteiger partial charge < -0.3 is 22.1 Å². The number of nitrogens with one attached hydrogen (secondary N) is 2. The number of nitrogen functional groups attached to an aromatic ring is 1. The number of nitrogens with two attached hydrogens (primary N) is 2. The Morgan fingerprint density at radius 2 is 1.95 bits per heavy atom. The first-order chi connectivity index (χ1) is 9.04. The second-order valence-electron chi connectivity index (χ2n) is 4.28. The lowest BCUT2D eigenvalue weighted by atomic mass is 10.1. The Bertz CT molecular complexity index is 454. The Morgan fingerprint density at radius 3 is 2.50 bits per heavy atom. The van der Waals surface area contributed by atoms with Gasteiger partial charge in [0.05, 0.1) is 11.4 Å². The van der Waals surface area contributed by atoms with Gasteiger partial charge in [-0.3, -0.25) is 4.79 Å². The number of benzene rings is 1. The van der Waals surface area contributed by atoms with E-state index in [1.165, 1.54) is 0 Å². The summed E-state index contributed by atoms with van der Waals surface area (Å²) in [7, 11) is 0. The highest BCUT2D eigenvalue weighted by Gasteiger charge is 2.19. The molecule has 0 aliphatic rings. The molecule has 7 heteroatoms.